The third kappa shape index (κ3) is 2.65. The van der Waals surface area contributed by atoms with E-state index >= 15 is 0 Å². The molecule has 2 heteroatoms. The van der Waals surface area contributed by atoms with E-state index in [4.69, 9.17) is 0 Å². The van der Waals surface area contributed by atoms with Gasteiger partial charge in [-0.2, -0.15) is 0 Å². The van der Waals surface area contributed by atoms with Crippen molar-refractivity contribution in [3.05, 3.63) is 0 Å². The second kappa shape index (κ2) is 4.21. The number of aliphatic hydroxyl groups is 1. The van der Waals surface area contributed by atoms with Gasteiger partial charge in [0.2, 0.25) is 0 Å². The summed E-state index contributed by atoms with van der Waals surface area (Å²) in [6, 6.07) is 0. The van der Waals surface area contributed by atoms with Crippen LogP contribution in [0, 0.1) is 11.8 Å². The molecule has 2 saturated carbocycles. The molecule has 2 aliphatic carbocycles. The lowest BCUT2D eigenvalue weighted by Gasteiger charge is -2.28. The quantitative estimate of drug-likeness (QED) is 0.728. The molecule has 0 radical (unpaired) electrons. The second-order valence-electron chi connectivity index (χ2n) is 6.76. The van der Waals surface area contributed by atoms with Crippen molar-refractivity contribution in [1.29, 1.82) is 0 Å². The van der Waals surface area contributed by atoms with Crippen molar-refractivity contribution >= 4 is 8.07 Å². The Balaban J connectivity index is 1.85. The van der Waals surface area contributed by atoms with Gasteiger partial charge >= 0.3 is 0 Å². The van der Waals surface area contributed by atoms with Crippen molar-refractivity contribution in [3.63, 3.8) is 0 Å². The fourth-order valence-corrected chi connectivity index (χ4v) is 5.87. The summed E-state index contributed by atoms with van der Waals surface area (Å²) in [6.07, 6.45) is 8.05. The molecule has 1 nitrogen and oxygen atoms in total. The van der Waals surface area contributed by atoms with Gasteiger partial charge in [-0.1, -0.05) is 38.9 Å². The molecule has 88 valence electrons. The van der Waals surface area contributed by atoms with Gasteiger partial charge in [-0.15, -0.1) is 0 Å². The van der Waals surface area contributed by atoms with Crippen molar-refractivity contribution in [1.82, 2.24) is 0 Å². The second-order valence-corrected chi connectivity index (χ2v) is 12.2. The summed E-state index contributed by atoms with van der Waals surface area (Å²) in [4.78, 5) is 0. The lowest BCUT2D eigenvalue weighted by molar-refractivity contribution is 0.0658. The van der Waals surface area contributed by atoms with E-state index in [0.717, 1.165) is 5.54 Å². The number of hydrogen-bond acceptors (Lipinski definition) is 1. The highest BCUT2D eigenvalue weighted by Gasteiger charge is 2.51. The molecule has 2 fully saturated rings. The zero-order valence-corrected chi connectivity index (χ0v) is 11.5. The highest BCUT2D eigenvalue weighted by Crippen LogP contribution is 2.55. The van der Waals surface area contributed by atoms with Crippen molar-refractivity contribution < 1.29 is 5.11 Å². The predicted octanol–water partition coefficient (Wildman–Crippen LogP) is 3.66. The van der Waals surface area contributed by atoms with Gasteiger partial charge < -0.3 is 5.11 Å². The van der Waals surface area contributed by atoms with E-state index in [9.17, 15) is 5.11 Å². The summed E-state index contributed by atoms with van der Waals surface area (Å²) in [5.41, 5.74) is 0.912. The van der Waals surface area contributed by atoms with Crippen LogP contribution in [-0.2, 0) is 0 Å². The lowest BCUT2D eigenvalue weighted by Crippen LogP contribution is -2.29. The van der Waals surface area contributed by atoms with Gasteiger partial charge in [0, 0.05) is 8.07 Å². The summed E-state index contributed by atoms with van der Waals surface area (Å²) >= 11 is 0. The molecule has 15 heavy (non-hydrogen) atoms. The normalized spacial score (nSPS) is 35.2. The molecule has 0 spiro atoms. The number of rotatable bonds is 3. The van der Waals surface area contributed by atoms with Gasteiger partial charge in [0.15, 0.2) is 0 Å². The molecule has 0 aromatic rings. The SMILES string of the molecule is C[Si](C)(C)[C@@H]1C[C@H]1[C@H](O)C1CCCCC1. The Kier molecular flexibility index (Phi) is 3.27. The Morgan fingerprint density at radius 3 is 2.13 bits per heavy atom. The fourth-order valence-electron chi connectivity index (χ4n) is 3.41. The predicted molar refractivity (Wildman–Crippen MR) is 67.8 cm³/mol. The third-order valence-corrected chi connectivity index (χ3v) is 7.41. The zero-order chi connectivity index (χ0) is 11.1. The number of hydrogen-bond donors (Lipinski definition) is 1. The van der Waals surface area contributed by atoms with Crippen molar-refractivity contribution in [2.75, 3.05) is 0 Å². The van der Waals surface area contributed by atoms with E-state index in [0.29, 0.717) is 11.8 Å². The monoisotopic (exact) mass is 226 g/mol. The maximum Gasteiger partial charge on any atom is 0.0596 e. The molecule has 0 bridgehead atoms. The van der Waals surface area contributed by atoms with Crippen LogP contribution in [0.4, 0.5) is 0 Å². The Labute approximate surface area is 95.3 Å². The minimum absolute atomic E-state index is 0.0435. The van der Waals surface area contributed by atoms with Crippen LogP contribution in [0.1, 0.15) is 38.5 Å². The maximum atomic E-state index is 10.4. The molecule has 0 aromatic heterocycles. The minimum Gasteiger partial charge on any atom is -0.393 e. The van der Waals surface area contributed by atoms with E-state index in [2.05, 4.69) is 19.6 Å². The summed E-state index contributed by atoms with van der Waals surface area (Å²) in [7, 11) is -0.973. The number of aliphatic hydroxyl groups excluding tert-OH is 1. The summed E-state index contributed by atoms with van der Waals surface area (Å²) in [5, 5.41) is 10.4. The Morgan fingerprint density at radius 1 is 1.07 bits per heavy atom. The van der Waals surface area contributed by atoms with E-state index in [1.54, 1.807) is 0 Å². The van der Waals surface area contributed by atoms with E-state index in [1.807, 2.05) is 0 Å². The summed E-state index contributed by atoms with van der Waals surface area (Å²) < 4.78 is 0. The molecular formula is C13H26OSi. The average Bonchev–Trinajstić information content (AvgIpc) is 2.97. The molecule has 0 unspecified atom stereocenters. The topological polar surface area (TPSA) is 20.2 Å². The van der Waals surface area contributed by atoms with Gasteiger partial charge in [0.25, 0.3) is 0 Å². The maximum absolute atomic E-state index is 10.4. The van der Waals surface area contributed by atoms with Crippen LogP contribution >= 0.6 is 0 Å². The van der Waals surface area contributed by atoms with Crippen molar-refractivity contribution in [2.24, 2.45) is 11.8 Å². The van der Waals surface area contributed by atoms with Gasteiger partial charge in [0.1, 0.15) is 0 Å². The highest BCUT2D eigenvalue weighted by molar-refractivity contribution is 6.78. The van der Waals surface area contributed by atoms with Gasteiger partial charge in [-0.25, -0.2) is 0 Å². The first-order valence-corrected chi connectivity index (χ1v) is 10.3. The van der Waals surface area contributed by atoms with E-state index < -0.39 is 8.07 Å². The molecule has 0 saturated heterocycles. The molecule has 0 aromatic carbocycles. The van der Waals surface area contributed by atoms with Gasteiger partial charge in [-0.05, 0) is 36.6 Å². The average molecular weight is 226 g/mol. The van der Waals surface area contributed by atoms with Gasteiger partial charge in [-0.3, -0.25) is 0 Å². The molecule has 0 amide bonds. The third-order valence-electron chi connectivity index (χ3n) is 4.52. The van der Waals surface area contributed by atoms with Crippen LogP contribution in [0.15, 0.2) is 0 Å². The Hall–Kier alpha value is 0.177. The first-order valence-electron chi connectivity index (χ1n) is 6.68. The van der Waals surface area contributed by atoms with Crippen LogP contribution in [0.25, 0.3) is 0 Å². The lowest BCUT2D eigenvalue weighted by atomic mass is 9.83. The van der Waals surface area contributed by atoms with E-state index in [1.165, 1.54) is 38.5 Å². The molecule has 0 heterocycles. The fraction of sp³-hybridized carbons (Fsp3) is 1.00. The van der Waals surface area contributed by atoms with Crippen LogP contribution in [0.5, 0.6) is 0 Å². The largest absolute Gasteiger partial charge is 0.393 e. The standard InChI is InChI=1S/C13H26OSi/c1-15(2,3)12-9-11(12)13(14)10-7-5-4-6-8-10/h10-14H,4-9H2,1-3H3/t11-,12-,13-/m1/s1. The first-order chi connectivity index (χ1) is 7.00. The van der Waals surface area contributed by atoms with Crippen LogP contribution in [0.2, 0.25) is 25.2 Å². The Morgan fingerprint density at radius 2 is 1.67 bits per heavy atom. The summed E-state index contributed by atoms with van der Waals surface area (Å²) in [5.74, 6) is 1.32. The van der Waals surface area contributed by atoms with Crippen LogP contribution in [0.3, 0.4) is 0 Å². The smallest absolute Gasteiger partial charge is 0.0596 e. The van der Waals surface area contributed by atoms with Crippen molar-refractivity contribution in [2.45, 2.75) is 69.8 Å². The minimum atomic E-state index is -0.973. The molecule has 2 aliphatic rings. The molecule has 2 rings (SSSR count). The molecule has 0 aliphatic heterocycles. The zero-order valence-electron chi connectivity index (χ0n) is 10.5. The van der Waals surface area contributed by atoms with E-state index in [-0.39, 0.29) is 6.10 Å². The summed E-state index contributed by atoms with van der Waals surface area (Å²) in [6.45, 7) is 7.35. The van der Waals surface area contributed by atoms with Crippen molar-refractivity contribution in [3.8, 4) is 0 Å². The highest BCUT2D eigenvalue weighted by atomic mass is 28.3. The van der Waals surface area contributed by atoms with Crippen LogP contribution < -0.4 is 0 Å². The molecule has 3 atom stereocenters. The molecular weight excluding hydrogens is 200 g/mol. The Bertz CT molecular complexity index is 215. The first kappa shape index (κ1) is 11.7. The van der Waals surface area contributed by atoms with Gasteiger partial charge in [0.05, 0.1) is 6.10 Å². The van der Waals surface area contributed by atoms with Crippen LogP contribution in [-0.4, -0.2) is 19.3 Å². The molecule has 1 N–H and O–H groups in total.